The SMILES string of the molecule is Cc1cc2c(cc1N(c1ccccc1)c1cccc3c1[C@]1(CCc4cccc(N(c5ccccc5)c5ccccc5)c41)CC3)C(C)(C)c1cccc(C)c1-2. The maximum atomic E-state index is 2.60. The summed E-state index contributed by atoms with van der Waals surface area (Å²) in [5.74, 6) is 0. The van der Waals surface area contributed by atoms with Crippen molar-refractivity contribution in [3.8, 4) is 11.1 Å². The third kappa shape index (κ3) is 4.79. The molecule has 0 saturated carbocycles. The van der Waals surface area contributed by atoms with Gasteiger partial charge in [-0.1, -0.05) is 111 Å². The van der Waals surface area contributed by atoms with Gasteiger partial charge in [-0.2, -0.15) is 0 Å². The van der Waals surface area contributed by atoms with Crippen molar-refractivity contribution in [1.29, 1.82) is 0 Å². The van der Waals surface area contributed by atoms with Gasteiger partial charge in [0.05, 0.1) is 11.4 Å². The van der Waals surface area contributed by atoms with E-state index in [1.54, 1.807) is 0 Å². The van der Waals surface area contributed by atoms with Crippen molar-refractivity contribution >= 4 is 34.1 Å². The van der Waals surface area contributed by atoms with Gasteiger partial charge < -0.3 is 9.80 Å². The van der Waals surface area contributed by atoms with Gasteiger partial charge in [0.25, 0.3) is 0 Å². The van der Waals surface area contributed by atoms with E-state index in [4.69, 9.17) is 0 Å². The van der Waals surface area contributed by atoms with E-state index in [1.807, 2.05) is 0 Å². The standard InChI is InChI=1S/C52H46N2/c1-35-17-14-26-43-48(35)42-33-36(2)47(34-44(42)51(43,3)4)54(41-24-12-7-13-25-41)46-28-16-19-38-30-32-52(50(38)46)31-29-37-18-15-27-45(49(37)52)53(39-20-8-5-9-21-39)40-22-10-6-11-23-40/h5-28,33-34H,29-32H2,1-4H3/t52-/m1/s1. The lowest BCUT2D eigenvalue weighted by molar-refractivity contribution is 0.508. The number of hydrogen-bond donors (Lipinski definition) is 0. The fourth-order valence-corrected chi connectivity index (χ4v) is 10.4. The first kappa shape index (κ1) is 32.8. The lowest BCUT2D eigenvalue weighted by Gasteiger charge is -2.37. The summed E-state index contributed by atoms with van der Waals surface area (Å²) in [6, 6.07) is 58.9. The Morgan fingerprint density at radius 2 is 0.944 bits per heavy atom. The number of fused-ring (bicyclic) bond motifs is 7. The summed E-state index contributed by atoms with van der Waals surface area (Å²) >= 11 is 0. The van der Waals surface area contributed by atoms with Gasteiger partial charge in [0.15, 0.2) is 0 Å². The molecule has 10 rings (SSSR count). The molecule has 7 aromatic rings. The molecule has 0 N–H and O–H groups in total. The van der Waals surface area contributed by atoms with Crippen LogP contribution in [0.1, 0.15) is 71.2 Å². The zero-order valence-corrected chi connectivity index (χ0v) is 31.7. The highest BCUT2D eigenvalue weighted by atomic mass is 15.2. The van der Waals surface area contributed by atoms with E-state index in [-0.39, 0.29) is 10.8 Å². The van der Waals surface area contributed by atoms with E-state index in [2.05, 4.69) is 195 Å². The Morgan fingerprint density at radius 3 is 1.50 bits per heavy atom. The summed E-state index contributed by atoms with van der Waals surface area (Å²) in [4.78, 5) is 5.09. The highest BCUT2D eigenvalue weighted by Gasteiger charge is 2.49. The first-order chi connectivity index (χ1) is 26.4. The lowest BCUT2D eigenvalue weighted by atomic mass is 9.74. The molecule has 0 amide bonds. The number of nitrogens with zero attached hydrogens (tertiary/aromatic N) is 2. The van der Waals surface area contributed by atoms with Gasteiger partial charge >= 0.3 is 0 Å². The average molecular weight is 699 g/mol. The Balaban J connectivity index is 1.21. The molecule has 0 bridgehead atoms. The van der Waals surface area contributed by atoms with Crippen LogP contribution in [0.2, 0.25) is 0 Å². The minimum Gasteiger partial charge on any atom is -0.310 e. The molecule has 0 aromatic heterocycles. The van der Waals surface area contributed by atoms with Crippen LogP contribution in [0.3, 0.4) is 0 Å². The van der Waals surface area contributed by atoms with Gasteiger partial charge in [0, 0.05) is 33.6 Å². The summed E-state index contributed by atoms with van der Waals surface area (Å²) in [6.07, 6.45) is 4.35. The maximum absolute atomic E-state index is 2.60. The van der Waals surface area contributed by atoms with Gasteiger partial charge in [-0.15, -0.1) is 0 Å². The number of rotatable bonds is 6. The monoisotopic (exact) mass is 698 g/mol. The van der Waals surface area contributed by atoms with Crippen LogP contribution in [0.4, 0.5) is 34.1 Å². The Labute approximate surface area is 320 Å². The highest BCUT2D eigenvalue weighted by molar-refractivity contribution is 5.90. The zero-order valence-electron chi connectivity index (χ0n) is 31.7. The van der Waals surface area contributed by atoms with E-state index in [1.165, 1.54) is 89.8 Å². The van der Waals surface area contributed by atoms with Crippen molar-refractivity contribution in [2.45, 2.75) is 64.2 Å². The van der Waals surface area contributed by atoms with Crippen molar-refractivity contribution in [2.24, 2.45) is 0 Å². The van der Waals surface area contributed by atoms with Gasteiger partial charge in [-0.25, -0.2) is 0 Å². The molecule has 1 atom stereocenters. The first-order valence-electron chi connectivity index (χ1n) is 19.6. The van der Waals surface area contributed by atoms with Gasteiger partial charge in [0.1, 0.15) is 0 Å². The molecule has 0 heterocycles. The van der Waals surface area contributed by atoms with Crippen molar-refractivity contribution < 1.29 is 0 Å². The van der Waals surface area contributed by atoms with Crippen molar-refractivity contribution in [2.75, 3.05) is 9.80 Å². The largest absolute Gasteiger partial charge is 0.310 e. The summed E-state index contributed by atoms with van der Waals surface area (Å²) in [5, 5.41) is 0. The van der Waals surface area contributed by atoms with Crippen LogP contribution >= 0.6 is 0 Å². The summed E-state index contributed by atoms with van der Waals surface area (Å²) in [7, 11) is 0. The minimum absolute atomic E-state index is 0.0982. The molecule has 54 heavy (non-hydrogen) atoms. The van der Waals surface area contributed by atoms with Crippen LogP contribution < -0.4 is 9.80 Å². The number of aryl methyl sites for hydroxylation is 4. The fraction of sp³-hybridized carbons (Fsp3) is 0.192. The van der Waals surface area contributed by atoms with Gasteiger partial charge in [0.2, 0.25) is 0 Å². The number of para-hydroxylation sites is 3. The molecule has 3 aliphatic rings. The van der Waals surface area contributed by atoms with Crippen LogP contribution in [-0.4, -0.2) is 0 Å². The average Bonchev–Trinajstić information content (AvgIpc) is 3.84. The Kier molecular flexibility index (Phi) is 7.49. The lowest BCUT2D eigenvalue weighted by Crippen LogP contribution is -2.27. The predicted octanol–water partition coefficient (Wildman–Crippen LogP) is 13.7. The Bertz CT molecular complexity index is 2510. The van der Waals surface area contributed by atoms with Crippen LogP contribution in [0.25, 0.3) is 11.1 Å². The van der Waals surface area contributed by atoms with Gasteiger partial charge in [-0.3, -0.25) is 0 Å². The highest BCUT2D eigenvalue weighted by Crippen LogP contribution is 2.60. The van der Waals surface area contributed by atoms with E-state index in [0.717, 1.165) is 25.7 Å². The molecule has 0 aliphatic heterocycles. The second-order valence-electron chi connectivity index (χ2n) is 16.2. The molecule has 1 spiro atoms. The third-order valence-corrected chi connectivity index (χ3v) is 12.8. The van der Waals surface area contributed by atoms with E-state index in [0.29, 0.717) is 0 Å². The number of benzene rings is 7. The molecule has 7 aromatic carbocycles. The fourth-order valence-electron chi connectivity index (χ4n) is 10.4. The van der Waals surface area contributed by atoms with Crippen LogP contribution in [0.5, 0.6) is 0 Å². The van der Waals surface area contributed by atoms with Crippen LogP contribution in [0.15, 0.2) is 158 Å². The predicted molar refractivity (Wildman–Crippen MR) is 227 cm³/mol. The normalized spacial score (nSPS) is 17.2. The molecular weight excluding hydrogens is 653 g/mol. The molecule has 0 unspecified atom stereocenters. The third-order valence-electron chi connectivity index (χ3n) is 12.8. The molecule has 3 aliphatic carbocycles. The second kappa shape index (κ2) is 12.4. The second-order valence-corrected chi connectivity index (χ2v) is 16.2. The molecule has 0 radical (unpaired) electrons. The molecule has 264 valence electrons. The molecule has 0 fully saturated rings. The Morgan fingerprint density at radius 1 is 0.444 bits per heavy atom. The Hall–Kier alpha value is -5.86. The molecule has 0 saturated heterocycles. The maximum Gasteiger partial charge on any atom is 0.0505 e. The van der Waals surface area contributed by atoms with E-state index >= 15 is 0 Å². The van der Waals surface area contributed by atoms with Crippen molar-refractivity contribution in [3.05, 3.63) is 202 Å². The summed E-state index contributed by atoms with van der Waals surface area (Å²) in [6.45, 7) is 9.38. The summed E-state index contributed by atoms with van der Waals surface area (Å²) < 4.78 is 0. The van der Waals surface area contributed by atoms with E-state index < -0.39 is 0 Å². The van der Waals surface area contributed by atoms with E-state index in [9.17, 15) is 0 Å². The van der Waals surface area contributed by atoms with Crippen molar-refractivity contribution in [3.63, 3.8) is 0 Å². The first-order valence-corrected chi connectivity index (χ1v) is 19.6. The molecule has 2 nitrogen and oxygen atoms in total. The minimum atomic E-state index is -0.121. The number of anilines is 6. The van der Waals surface area contributed by atoms with Crippen LogP contribution in [-0.2, 0) is 23.7 Å². The quantitative estimate of drug-likeness (QED) is 0.171. The zero-order chi connectivity index (χ0) is 36.6. The topological polar surface area (TPSA) is 6.48 Å². The molecular formula is C52H46N2. The van der Waals surface area contributed by atoms with Gasteiger partial charge in [-0.05, 0) is 156 Å². The van der Waals surface area contributed by atoms with Crippen molar-refractivity contribution in [1.82, 2.24) is 0 Å². The smallest absolute Gasteiger partial charge is 0.0505 e. The molecule has 2 heteroatoms. The van der Waals surface area contributed by atoms with Crippen LogP contribution in [0, 0.1) is 13.8 Å². The number of hydrogen-bond acceptors (Lipinski definition) is 2. The summed E-state index contributed by atoms with van der Waals surface area (Å²) in [5.41, 5.74) is 21.4.